The first kappa shape index (κ1) is 15.8. The number of halogens is 1. The highest BCUT2D eigenvalue weighted by atomic mass is 127. The van der Waals surface area contributed by atoms with Gasteiger partial charge < -0.3 is 4.74 Å². The molecule has 1 amide bonds. The average Bonchev–Trinajstić information content (AvgIpc) is 2.40. The van der Waals surface area contributed by atoms with Crippen LogP contribution in [0.15, 0.2) is 48.5 Å². The van der Waals surface area contributed by atoms with Crippen molar-refractivity contribution in [2.24, 2.45) is 0 Å². The molecule has 0 atom stereocenters. The Morgan fingerprint density at radius 1 is 1.05 bits per heavy atom. The zero-order valence-corrected chi connectivity index (χ0v) is 14.5. The summed E-state index contributed by atoms with van der Waals surface area (Å²) in [6.07, 6.45) is -0.437. The number of amides is 1. The van der Waals surface area contributed by atoms with E-state index in [0.717, 1.165) is 20.4 Å². The highest BCUT2D eigenvalue weighted by Crippen LogP contribution is 2.26. The predicted molar refractivity (Wildman–Crippen MR) is 94.5 cm³/mol. The molecular formula is C17H18INO2. The van der Waals surface area contributed by atoms with Crippen LogP contribution in [-0.2, 0) is 4.74 Å². The van der Waals surface area contributed by atoms with E-state index in [9.17, 15) is 4.79 Å². The third-order valence-electron chi connectivity index (χ3n) is 2.71. The van der Waals surface area contributed by atoms with Crippen LogP contribution in [0.3, 0.4) is 0 Å². The van der Waals surface area contributed by atoms with Crippen LogP contribution < -0.4 is 5.32 Å². The Balaban J connectivity index is 2.15. The number of hydrogen-bond donors (Lipinski definition) is 1. The monoisotopic (exact) mass is 395 g/mol. The van der Waals surface area contributed by atoms with Crippen LogP contribution in [0.5, 0.6) is 0 Å². The standard InChI is InChI=1S/C17H18INO2/c1-17(2,3)21-16(20)19-15-10-9-13(11-14(15)18)12-7-5-4-6-8-12/h4-11H,1-3H3,(H,19,20). The molecule has 0 bridgehead atoms. The van der Waals surface area contributed by atoms with E-state index in [1.165, 1.54) is 0 Å². The Morgan fingerprint density at radius 3 is 2.29 bits per heavy atom. The molecule has 0 aromatic heterocycles. The number of carbonyl (C=O) groups is 1. The van der Waals surface area contributed by atoms with Crippen molar-refractivity contribution in [3.8, 4) is 11.1 Å². The van der Waals surface area contributed by atoms with E-state index < -0.39 is 11.7 Å². The van der Waals surface area contributed by atoms with Crippen molar-refractivity contribution >= 4 is 34.4 Å². The molecule has 2 aromatic carbocycles. The normalized spacial score (nSPS) is 11.0. The van der Waals surface area contributed by atoms with Crippen molar-refractivity contribution in [1.29, 1.82) is 0 Å². The summed E-state index contributed by atoms with van der Waals surface area (Å²) in [6.45, 7) is 5.53. The van der Waals surface area contributed by atoms with Gasteiger partial charge in [0, 0.05) is 3.57 Å². The molecule has 0 radical (unpaired) electrons. The molecule has 1 N–H and O–H groups in total. The lowest BCUT2D eigenvalue weighted by Crippen LogP contribution is -2.27. The Morgan fingerprint density at radius 2 is 1.71 bits per heavy atom. The van der Waals surface area contributed by atoms with Crippen molar-refractivity contribution in [3.05, 3.63) is 52.1 Å². The molecule has 0 spiro atoms. The van der Waals surface area contributed by atoms with Gasteiger partial charge in [-0.1, -0.05) is 36.4 Å². The molecule has 0 saturated carbocycles. The maximum atomic E-state index is 11.8. The molecule has 0 unspecified atom stereocenters. The highest BCUT2D eigenvalue weighted by Gasteiger charge is 2.17. The number of carbonyl (C=O) groups excluding carboxylic acids is 1. The van der Waals surface area contributed by atoms with E-state index in [-0.39, 0.29) is 0 Å². The molecule has 0 heterocycles. The van der Waals surface area contributed by atoms with E-state index in [2.05, 4.69) is 40.0 Å². The van der Waals surface area contributed by atoms with Gasteiger partial charge in [0.25, 0.3) is 0 Å². The molecular weight excluding hydrogens is 377 g/mol. The summed E-state index contributed by atoms with van der Waals surface area (Å²) in [5.41, 5.74) is 2.53. The van der Waals surface area contributed by atoms with Gasteiger partial charge in [0.2, 0.25) is 0 Å². The second kappa shape index (κ2) is 6.47. The number of anilines is 1. The predicted octanol–water partition coefficient (Wildman–Crippen LogP) is 5.31. The van der Waals surface area contributed by atoms with Crippen molar-refractivity contribution in [2.75, 3.05) is 5.32 Å². The zero-order chi connectivity index (χ0) is 15.5. The number of rotatable bonds is 2. The van der Waals surface area contributed by atoms with E-state index in [1.807, 2.05) is 57.2 Å². The molecule has 4 heteroatoms. The summed E-state index contributed by atoms with van der Waals surface area (Å²) in [4.78, 5) is 11.8. The van der Waals surface area contributed by atoms with Gasteiger partial charge >= 0.3 is 6.09 Å². The molecule has 2 aromatic rings. The Kier molecular flexibility index (Phi) is 4.88. The lowest BCUT2D eigenvalue weighted by molar-refractivity contribution is 0.0636. The Labute approximate surface area is 138 Å². The number of nitrogens with one attached hydrogen (secondary N) is 1. The fourth-order valence-corrected chi connectivity index (χ4v) is 2.49. The van der Waals surface area contributed by atoms with Crippen LogP contribution in [-0.4, -0.2) is 11.7 Å². The van der Waals surface area contributed by atoms with E-state index in [1.54, 1.807) is 0 Å². The molecule has 0 saturated heterocycles. The lowest BCUT2D eigenvalue weighted by Gasteiger charge is -2.20. The van der Waals surface area contributed by atoms with Gasteiger partial charge in [-0.15, -0.1) is 0 Å². The van der Waals surface area contributed by atoms with Crippen molar-refractivity contribution in [3.63, 3.8) is 0 Å². The van der Waals surface area contributed by atoms with Gasteiger partial charge in [0.1, 0.15) is 5.60 Å². The summed E-state index contributed by atoms with van der Waals surface area (Å²) in [5.74, 6) is 0. The van der Waals surface area contributed by atoms with Crippen LogP contribution >= 0.6 is 22.6 Å². The van der Waals surface area contributed by atoms with Crippen LogP contribution in [0.2, 0.25) is 0 Å². The molecule has 0 fully saturated rings. The molecule has 2 rings (SSSR count). The van der Waals surface area contributed by atoms with Crippen molar-refractivity contribution < 1.29 is 9.53 Å². The van der Waals surface area contributed by atoms with Crippen molar-refractivity contribution in [2.45, 2.75) is 26.4 Å². The molecule has 110 valence electrons. The van der Waals surface area contributed by atoms with Crippen LogP contribution in [0.4, 0.5) is 10.5 Å². The fraction of sp³-hybridized carbons (Fsp3) is 0.235. The fourth-order valence-electron chi connectivity index (χ4n) is 1.84. The van der Waals surface area contributed by atoms with Gasteiger partial charge in [-0.25, -0.2) is 4.79 Å². The van der Waals surface area contributed by atoms with E-state index in [4.69, 9.17) is 4.74 Å². The number of hydrogen-bond acceptors (Lipinski definition) is 2. The van der Waals surface area contributed by atoms with Gasteiger partial charge in [-0.05, 0) is 66.6 Å². The zero-order valence-electron chi connectivity index (χ0n) is 12.3. The maximum absolute atomic E-state index is 11.8. The number of benzene rings is 2. The maximum Gasteiger partial charge on any atom is 0.412 e. The molecule has 3 nitrogen and oxygen atoms in total. The minimum Gasteiger partial charge on any atom is -0.444 e. The summed E-state index contributed by atoms with van der Waals surface area (Å²) in [7, 11) is 0. The molecule has 0 aliphatic rings. The van der Waals surface area contributed by atoms with E-state index >= 15 is 0 Å². The summed E-state index contributed by atoms with van der Waals surface area (Å²) in [5, 5.41) is 2.78. The number of ether oxygens (including phenoxy) is 1. The second-order valence-corrected chi connectivity index (χ2v) is 6.85. The lowest BCUT2D eigenvalue weighted by atomic mass is 10.1. The van der Waals surface area contributed by atoms with Crippen LogP contribution in [0, 0.1) is 3.57 Å². The molecule has 0 aliphatic carbocycles. The van der Waals surface area contributed by atoms with Gasteiger partial charge in [0.05, 0.1) is 5.69 Å². The highest BCUT2D eigenvalue weighted by molar-refractivity contribution is 14.1. The summed E-state index contributed by atoms with van der Waals surface area (Å²) < 4.78 is 6.23. The smallest absolute Gasteiger partial charge is 0.412 e. The quantitative estimate of drug-likeness (QED) is 0.701. The summed E-state index contributed by atoms with van der Waals surface area (Å²) >= 11 is 2.21. The minimum atomic E-state index is -0.500. The largest absolute Gasteiger partial charge is 0.444 e. The average molecular weight is 395 g/mol. The molecule has 0 aliphatic heterocycles. The SMILES string of the molecule is CC(C)(C)OC(=O)Nc1ccc(-c2ccccc2)cc1I. The van der Waals surface area contributed by atoms with Crippen molar-refractivity contribution in [1.82, 2.24) is 0 Å². The first-order valence-corrected chi connectivity index (χ1v) is 7.78. The van der Waals surface area contributed by atoms with E-state index in [0.29, 0.717) is 0 Å². The molecule has 21 heavy (non-hydrogen) atoms. The third-order valence-corrected chi connectivity index (χ3v) is 3.60. The van der Waals surface area contributed by atoms with Gasteiger partial charge in [-0.2, -0.15) is 0 Å². The Bertz CT molecular complexity index is 633. The first-order chi connectivity index (χ1) is 9.85. The van der Waals surface area contributed by atoms with Gasteiger partial charge in [-0.3, -0.25) is 5.32 Å². The van der Waals surface area contributed by atoms with Gasteiger partial charge in [0.15, 0.2) is 0 Å². The van der Waals surface area contributed by atoms with Crippen LogP contribution in [0.25, 0.3) is 11.1 Å². The Hall–Kier alpha value is -1.56. The second-order valence-electron chi connectivity index (χ2n) is 5.69. The topological polar surface area (TPSA) is 38.3 Å². The van der Waals surface area contributed by atoms with Crippen LogP contribution in [0.1, 0.15) is 20.8 Å². The minimum absolute atomic E-state index is 0.437. The first-order valence-electron chi connectivity index (χ1n) is 6.70. The summed E-state index contributed by atoms with van der Waals surface area (Å²) in [6, 6.07) is 16.1. The third kappa shape index (κ3) is 4.74.